The fraction of sp³-hybridized carbons (Fsp3) is 0.417. The molecule has 1 aromatic rings. The Bertz CT molecular complexity index is 373. The van der Waals surface area contributed by atoms with Crippen molar-refractivity contribution in [1.82, 2.24) is 5.32 Å². The lowest BCUT2D eigenvalue weighted by Crippen LogP contribution is -2.33. The van der Waals surface area contributed by atoms with Crippen LogP contribution in [-0.2, 0) is 0 Å². The number of terminal acetylenes is 1. The molecule has 3 heteroatoms. The molecule has 0 aliphatic rings. The predicted octanol–water partition coefficient (Wildman–Crippen LogP) is 2.12. The maximum Gasteiger partial charge on any atom is 0.255 e. The van der Waals surface area contributed by atoms with Crippen molar-refractivity contribution in [2.75, 3.05) is 0 Å². The summed E-state index contributed by atoms with van der Waals surface area (Å²) in [5.41, 5.74) is 0.548. The van der Waals surface area contributed by atoms with Crippen LogP contribution in [0.25, 0.3) is 0 Å². The van der Waals surface area contributed by atoms with E-state index < -0.39 is 0 Å². The van der Waals surface area contributed by atoms with Crippen molar-refractivity contribution < 1.29 is 9.21 Å². The molecule has 15 heavy (non-hydrogen) atoms. The number of hydrogen-bond acceptors (Lipinski definition) is 2. The second-order valence-electron chi connectivity index (χ2n) is 3.37. The van der Waals surface area contributed by atoms with Gasteiger partial charge in [-0.05, 0) is 19.4 Å². The van der Waals surface area contributed by atoms with Gasteiger partial charge >= 0.3 is 0 Å². The monoisotopic (exact) mass is 205 g/mol. The van der Waals surface area contributed by atoms with Gasteiger partial charge in [0.2, 0.25) is 0 Å². The maximum atomic E-state index is 11.7. The first-order valence-corrected chi connectivity index (χ1v) is 5.00. The van der Waals surface area contributed by atoms with E-state index in [1.165, 1.54) is 6.26 Å². The number of rotatable bonds is 4. The molecule has 1 atom stereocenters. The zero-order valence-corrected chi connectivity index (χ0v) is 9.04. The van der Waals surface area contributed by atoms with Gasteiger partial charge < -0.3 is 9.73 Å². The molecule has 0 radical (unpaired) electrons. The van der Waals surface area contributed by atoms with Crippen molar-refractivity contribution in [3.63, 3.8) is 0 Å². The molecule has 80 valence electrons. The van der Waals surface area contributed by atoms with Crippen LogP contribution in [0.3, 0.4) is 0 Å². The summed E-state index contributed by atoms with van der Waals surface area (Å²) in [6.07, 6.45) is 8.54. The number of carbonyl (C=O) groups excluding carboxylic acids is 1. The molecule has 3 nitrogen and oxygen atoms in total. The minimum atomic E-state index is -0.197. The highest BCUT2D eigenvalue weighted by Gasteiger charge is 2.14. The fourth-order valence-electron chi connectivity index (χ4n) is 1.34. The minimum Gasteiger partial charge on any atom is -0.469 e. The number of carbonyl (C=O) groups is 1. The highest BCUT2D eigenvalue weighted by molar-refractivity contribution is 5.95. The van der Waals surface area contributed by atoms with E-state index in [9.17, 15) is 4.79 Å². The third-order valence-corrected chi connectivity index (χ3v) is 2.19. The SMILES string of the molecule is C#CC(CCC)NC(=O)c1ccoc1C. The van der Waals surface area contributed by atoms with Gasteiger partial charge in [-0.15, -0.1) is 6.42 Å². The quantitative estimate of drug-likeness (QED) is 0.765. The molecule has 0 saturated heterocycles. The zero-order valence-electron chi connectivity index (χ0n) is 9.04. The molecule has 0 saturated carbocycles. The van der Waals surface area contributed by atoms with Crippen molar-refractivity contribution in [3.05, 3.63) is 23.7 Å². The third kappa shape index (κ3) is 2.88. The molecule has 0 spiro atoms. The molecule has 1 N–H and O–H groups in total. The molecule has 1 heterocycles. The molecule has 0 fully saturated rings. The van der Waals surface area contributed by atoms with E-state index in [4.69, 9.17) is 10.8 Å². The molecule has 1 aromatic heterocycles. The van der Waals surface area contributed by atoms with Crippen molar-refractivity contribution >= 4 is 5.91 Å². The van der Waals surface area contributed by atoms with Crippen molar-refractivity contribution in [1.29, 1.82) is 0 Å². The summed E-state index contributed by atoms with van der Waals surface area (Å²) in [5, 5.41) is 2.78. The molecule has 1 unspecified atom stereocenters. The van der Waals surface area contributed by atoms with Crippen LogP contribution in [0, 0.1) is 19.3 Å². The Kier molecular flexibility index (Phi) is 3.99. The largest absolute Gasteiger partial charge is 0.469 e. The highest BCUT2D eigenvalue weighted by Crippen LogP contribution is 2.09. The summed E-state index contributed by atoms with van der Waals surface area (Å²) in [7, 11) is 0. The predicted molar refractivity (Wildman–Crippen MR) is 58.4 cm³/mol. The number of furan rings is 1. The van der Waals surface area contributed by atoms with Gasteiger partial charge in [-0.25, -0.2) is 0 Å². The molecule has 0 aliphatic carbocycles. The summed E-state index contributed by atoms with van der Waals surface area (Å²) in [6, 6.07) is 1.45. The second kappa shape index (κ2) is 5.26. The van der Waals surface area contributed by atoms with Crippen LogP contribution in [-0.4, -0.2) is 11.9 Å². The normalized spacial score (nSPS) is 11.8. The summed E-state index contributed by atoms with van der Waals surface area (Å²) >= 11 is 0. The number of aryl methyl sites for hydroxylation is 1. The topological polar surface area (TPSA) is 42.2 Å². The van der Waals surface area contributed by atoms with Gasteiger partial charge in [0.25, 0.3) is 5.91 Å². The lowest BCUT2D eigenvalue weighted by Gasteiger charge is -2.11. The van der Waals surface area contributed by atoms with E-state index in [0.29, 0.717) is 11.3 Å². The first-order valence-electron chi connectivity index (χ1n) is 5.00. The average Bonchev–Trinajstić information content (AvgIpc) is 2.63. The number of hydrogen-bond donors (Lipinski definition) is 1. The standard InChI is InChI=1S/C12H15NO2/c1-4-6-10(5-2)13-12(14)11-7-8-15-9(11)3/h2,7-8,10H,4,6H2,1,3H3,(H,13,14). The third-order valence-electron chi connectivity index (χ3n) is 2.19. The van der Waals surface area contributed by atoms with Crippen LogP contribution < -0.4 is 5.32 Å². The summed E-state index contributed by atoms with van der Waals surface area (Å²) in [6.45, 7) is 3.78. The first-order chi connectivity index (χ1) is 7.19. The van der Waals surface area contributed by atoms with Gasteiger partial charge in [-0.3, -0.25) is 4.79 Å². The Morgan fingerprint density at radius 3 is 2.93 bits per heavy atom. The van der Waals surface area contributed by atoms with Gasteiger partial charge in [0.05, 0.1) is 17.9 Å². The average molecular weight is 205 g/mol. The molecular formula is C12H15NO2. The van der Waals surface area contributed by atoms with E-state index >= 15 is 0 Å². The Hall–Kier alpha value is -1.69. The molecular weight excluding hydrogens is 190 g/mol. The Morgan fingerprint density at radius 1 is 1.73 bits per heavy atom. The Balaban J connectivity index is 2.64. The lowest BCUT2D eigenvalue weighted by atomic mass is 10.1. The molecule has 1 amide bonds. The smallest absolute Gasteiger partial charge is 0.255 e. The van der Waals surface area contributed by atoms with Gasteiger partial charge in [-0.1, -0.05) is 19.3 Å². The van der Waals surface area contributed by atoms with Crippen LogP contribution in [0.5, 0.6) is 0 Å². The zero-order chi connectivity index (χ0) is 11.3. The lowest BCUT2D eigenvalue weighted by molar-refractivity contribution is 0.0943. The first kappa shape index (κ1) is 11.4. The minimum absolute atomic E-state index is 0.169. The summed E-state index contributed by atoms with van der Waals surface area (Å²) in [4.78, 5) is 11.7. The highest BCUT2D eigenvalue weighted by atomic mass is 16.3. The summed E-state index contributed by atoms with van der Waals surface area (Å²) < 4.78 is 5.05. The fourth-order valence-corrected chi connectivity index (χ4v) is 1.34. The Labute approximate surface area is 89.9 Å². The molecule has 0 bridgehead atoms. The Morgan fingerprint density at radius 2 is 2.47 bits per heavy atom. The molecule has 1 rings (SSSR count). The van der Waals surface area contributed by atoms with Crippen molar-refractivity contribution in [2.45, 2.75) is 32.7 Å². The molecule has 0 aliphatic heterocycles. The summed E-state index contributed by atoms with van der Waals surface area (Å²) in [5.74, 6) is 2.99. The van der Waals surface area contributed by atoms with Gasteiger partial charge in [-0.2, -0.15) is 0 Å². The van der Waals surface area contributed by atoms with Crippen LogP contribution in [0.2, 0.25) is 0 Å². The van der Waals surface area contributed by atoms with E-state index in [0.717, 1.165) is 12.8 Å². The van der Waals surface area contributed by atoms with E-state index in [1.54, 1.807) is 13.0 Å². The van der Waals surface area contributed by atoms with Gasteiger partial charge in [0, 0.05) is 0 Å². The number of amides is 1. The van der Waals surface area contributed by atoms with E-state index in [2.05, 4.69) is 11.2 Å². The van der Waals surface area contributed by atoms with E-state index in [-0.39, 0.29) is 11.9 Å². The van der Waals surface area contributed by atoms with Crippen LogP contribution in [0.1, 0.15) is 35.9 Å². The van der Waals surface area contributed by atoms with Crippen molar-refractivity contribution in [3.8, 4) is 12.3 Å². The molecule has 0 aromatic carbocycles. The van der Waals surface area contributed by atoms with Crippen LogP contribution in [0.15, 0.2) is 16.7 Å². The van der Waals surface area contributed by atoms with Crippen LogP contribution in [0.4, 0.5) is 0 Å². The number of nitrogens with one attached hydrogen (secondary N) is 1. The second-order valence-corrected chi connectivity index (χ2v) is 3.37. The van der Waals surface area contributed by atoms with Crippen molar-refractivity contribution in [2.24, 2.45) is 0 Å². The van der Waals surface area contributed by atoms with Gasteiger partial charge in [0.1, 0.15) is 5.76 Å². The van der Waals surface area contributed by atoms with Gasteiger partial charge in [0.15, 0.2) is 0 Å². The van der Waals surface area contributed by atoms with E-state index in [1.807, 2.05) is 6.92 Å². The maximum absolute atomic E-state index is 11.7. The van der Waals surface area contributed by atoms with Crippen LogP contribution >= 0.6 is 0 Å².